The lowest BCUT2D eigenvalue weighted by atomic mass is 10.4. The summed E-state index contributed by atoms with van der Waals surface area (Å²) >= 11 is 5.63. The van der Waals surface area contributed by atoms with Crippen molar-refractivity contribution < 1.29 is 8.42 Å². The van der Waals surface area contributed by atoms with Crippen molar-refractivity contribution in [2.24, 2.45) is 0 Å². The molecule has 0 atom stereocenters. The van der Waals surface area contributed by atoms with Gasteiger partial charge in [0.05, 0.1) is 6.33 Å². The van der Waals surface area contributed by atoms with Gasteiger partial charge >= 0.3 is 0 Å². The van der Waals surface area contributed by atoms with Crippen molar-refractivity contribution in [2.75, 3.05) is 12.4 Å². The number of halogens is 1. The summed E-state index contributed by atoms with van der Waals surface area (Å²) in [7, 11) is -3.53. The Bertz CT molecular complexity index is 456. The maximum Gasteiger partial charge on any atom is 0.262 e. The molecule has 0 aliphatic heterocycles. The lowest BCUT2D eigenvalue weighted by molar-refractivity contribution is 0.369. The fourth-order valence-electron chi connectivity index (χ4n) is 1.51. The molecule has 0 saturated heterocycles. The second kappa shape index (κ2) is 5.84. The van der Waals surface area contributed by atoms with Gasteiger partial charge in [-0.25, -0.2) is 13.4 Å². The summed E-state index contributed by atoms with van der Waals surface area (Å²) in [5.41, 5.74) is 0. The normalized spacial score (nSPS) is 12.6. The molecule has 0 N–H and O–H groups in total. The molecule has 0 spiro atoms. The fraction of sp³-hybridized carbons (Fsp3) is 0.700. The zero-order chi connectivity index (χ0) is 13.1. The summed E-state index contributed by atoms with van der Waals surface area (Å²) in [6.07, 6.45) is 3.06. The first-order valence-electron chi connectivity index (χ1n) is 5.53. The number of hydrogen-bond donors (Lipinski definition) is 0. The van der Waals surface area contributed by atoms with Crippen LogP contribution in [0.15, 0.2) is 17.6 Å². The molecule has 0 aliphatic carbocycles. The van der Waals surface area contributed by atoms with Crippen molar-refractivity contribution in [1.29, 1.82) is 0 Å². The summed E-state index contributed by atoms with van der Waals surface area (Å²) in [5.74, 6) is 0.270. The zero-order valence-corrected chi connectivity index (χ0v) is 11.9. The van der Waals surface area contributed by atoms with Gasteiger partial charge in [-0.2, -0.15) is 4.31 Å². The molecule has 1 aromatic rings. The molecule has 1 rings (SSSR count). The van der Waals surface area contributed by atoms with Gasteiger partial charge in [0.15, 0.2) is 5.03 Å². The van der Waals surface area contributed by atoms with Crippen molar-refractivity contribution in [3.8, 4) is 0 Å². The first kappa shape index (κ1) is 14.5. The van der Waals surface area contributed by atoms with Crippen molar-refractivity contribution in [3.63, 3.8) is 0 Å². The van der Waals surface area contributed by atoms with Crippen molar-refractivity contribution in [1.82, 2.24) is 13.9 Å². The predicted octanol–water partition coefficient (Wildman–Crippen LogP) is 1.54. The molecule has 1 aromatic heterocycles. The van der Waals surface area contributed by atoms with Gasteiger partial charge in [0, 0.05) is 31.2 Å². The average Bonchev–Trinajstić information content (AvgIpc) is 2.74. The van der Waals surface area contributed by atoms with Crippen LogP contribution in [0.2, 0.25) is 0 Å². The summed E-state index contributed by atoms with van der Waals surface area (Å²) in [6, 6.07) is -0.134. The quantitative estimate of drug-likeness (QED) is 0.742. The molecule has 0 radical (unpaired) electrons. The number of aryl methyl sites for hydroxylation is 1. The molecular weight excluding hydrogens is 262 g/mol. The van der Waals surface area contributed by atoms with Gasteiger partial charge in [0.25, 0.3) is 10.0 Å². The van der Waals surface area contributed by atoms with Gasteiger partial charge in [-0.1, -0.05) is 0 Å². The highest BCUT2D eigenvalue weighted by atomic mass is 35.5. The van der Waals surface area contributed by atoms with Crippen LogP contribution in [0.1, 0.15) is 20.8 Å². The van der Waals surface area contributed by atoms with Crippen LogP contribution in [0.5, 0.6) is 0 Å². The summed E-state index contributed by atoms with van der Waals surface area (Å²) in [5, 5.41) is 0.0816. The minimum atomic E-state index is -3.53. The van der Waals surface area contributed by atoms with Crippen molar-refractivity contribution in [2.45, 2.75) is 38.4 Å². The van der Waals surface area contributed by atoms with Gasteiger partial charge < -0.3 is 4.57 Å². The highest BCUT2D eigenvalue weighted by Gasteiger charge is 2.28. The predicted molar refractivity (Wildman–Crippen MR) is 67.6 cm³/mol. The number of hydrogen-bond acceptors (Lipinski definition) is 3. The van der Waals surface area contributed by atoms with Gasteiger partial charge in [-0.15, -0.1) is 11.6 Å². The standard InChI is InChI=1S/C10H18ClN3O2S/c1-4-13-7-10(12-8-13)17(15,16)14(6-5-11)9(2)3/h7-9H,4-6H2,1-3H3. The third-order valence-electron chi connectivity index (χ3n) is 2.43. The van der Waals surface area contributed by atoms with Gasteiger partial charge in [-0.3, -0.25) is 0 Å². The van der Waals surface area contributed by atoms with Crippen LogP contribution in [-0.2, 0) is 16.6 Å². The van der Waals surface area contributed by atoms with E-state index in [9.17, 15) is 8.42 Å². The van der Waals surface area contributed by atoms with Crippen molar-refractivity contribution >= 4 is 21.6 Å². The van der Waals surface area contributed by atoms with Gasteiger partial charge in [-0.05, 0) is 20.8 Å². The molecule has 0 amide bonds. The smallest absolute Gasteiger partial charge is 0.262 e. The van der Waals surface area contributed by atoms with E-state index in [1.807, 2.05) is 20.8 Å². The fourth-order valence-corrected chi connectivity index (χ4v) is 3.36. The van der Waals surface area contributed by atoms with E-state index in [2.05, 4.69) is 4.98 Å². The van der Waals surface area contributed by atoms with Crippen LogP contribution in [0, 0.1) is 0 Å². The van der Waals surface area contributed by atoms with Gasteiger partial charge in [0.1, 0.15) is 0 Å². The third kappa shape index (κ3) is 3.20. The lowest BCUT2D eigenvalue weighted by Crippen LogP contribution is -2.38. The number of sulfonamides is 1. The average molecular weight is 280 g/mol. The summed E-state index contributed by atoms with van der Waals surface area (Å²) < 4.78 is 27.7. The van der Waals surface area contributed by atoms with E-state index in [1.54, 1.807) is 10.8 Å². The topological polar surface area (TPSA) is 55.2 Å². The van der Waals surface area contributed by atoms with Crippen LogP contribution in [-0.4, -0.2) is 40.7 Å². The minimum absolute atomic E-state index is 0.0816. The summed E-state index contributed by atoms with van der Waals surface area (Å²) in [4.78, 5) is 3.93. The number of aromatic nitrogens is 2. The monoisotopic (exact) mass is 279 g/mol. The molecule has 98 valence electrons. The van der Waals surface area contributed by atoms with E-state index < -0.39 is 10.0 Å². The molecule has 5 nitrogen and oxygen atoms in total. The Hall–Kier alpha value is -0.590. The lowest BCUT2D eigenvalue weighted by Gasteiger charge is -2.23. The van der Waals surface area contributed by atoms with Crippen LogP contribution >= 0.6 is 11.6 Å². The maximum atomic E-state index is 12.3. The second-order valence-electron chi connectivity index (χ2n) is 3.94. The van der Waals surface area contributed by atoms with E-state index in [0.717, 1.165) is 0 Å². The van der Waals surface area contributed by atoms with E-state index in [1.165, 1.54) is 10.6 Å². The Morgan fingerprint density at radius 2 is 2.18 bits per heavy atom. The Morgan fingerprint density at radius 3 is 2.59 bits per heavy atom. The molecule has 0 unspecified atom stereocenters. The zero-order valence-electron chi connectivity index (χ0n) is 10.3. The van der Waals surface area contributed by atoms with Crippen LogP contribution in [0.25, 0.3) is 0 Å². The molecule has 0 aromatic carbocycles. The largest absolute Gasteiger partial charge is 0.336 e. The minimum Gasteiger partial charge on any atom is -0.336 e. The molecule has 17 heavy (non-hydrogen) atoms. The Labute approximate surface area is 107 Å². The Balaban J connectivity index is 3.07. The summed E-state index contributed by atoms with van der Waals surface area (Å²) in [6.45, 7) is 6.55. The first-order valence-corrected chi connectivity index (χ1v) is 7.50. The van der Waals surface area contributed by atoms with E-state index in [0.29, 0.717) is 13.1 Å². The Kier molecular flexibility index (Phi) is 4.97. The van der Waals surface area contributed by atoms with Crippen LogP contribution in [0.3, 0.4) is 0 Å². The number of alkyl halides is 1. The molecule has 0 bridgehead atoms. The highest BCUT2D eigenvalue weighted by molar-refractivity contribution is 7.89. The molecule has 0 saturated carbocycles. The van der Waals surface area contributed by atoms with Gasteiger partial charge in [0.2, 0.25) is 0 Å². The highest BCUT2D eigenvalue weighted by Crippen LogP contribution is 2.16. The van der Waals surface area contributed by atoms with Crippen LogP contribution in [0.4, 0.5) is 0 Å². The number of nitrogens with zero attached hydrogens (tertiary/aromatic N) is 3. The SMILES string of the molecule is CCn1cnc(S(=O)(=O)N(CCCl)C(C)C)c1. The molecule has 0 aliphatic rings. The van der Waals surface area contributed by atoms with E-state index in [-0.39, 0.29) is 16.9 Å². The molecular formula is C10H18ClN3O2S. The number of imidazole rings is 1. The van der Waals surface area contributed by atoms with E-state index >= 15 is 0 Å². The maximum absolute atomic E-state index is 12.3. The van der Waals surface area contributed by atoms with Crippen LogP contribution < -0.4 is 0 Å². The van der Waals surface area contributed by atoms with Crippen molar-refractivity contribution in [3.05, 3.63) is 12.5 Å². The first-order chi connectivity index (χ1) is 7.93. The third-order valence-corrected chi connectivity index (χ3v) is 4.56. The molecule has 7 heteroatoms. The molecule has 0 fully saturated rings. The second-order valence-corrected chi connectivity index (χ2v) is 6.16. The number of rotatable bonds is 6. The molecule has 1 heterocycles. The van der Waals surface area contributed by atoms with E-state index in [4.69, 9.17) is 11.6 Å². The Morgan fingerprint density at radius 1 is 1.53 bits per heavy atom.